The van der Waals surface area contributed by atoms with E-state index in [1.165, 1.54) is 37.0 Å². The summed E-state index contributed by atoms with van der Waals surface area (Å²) in [6, 6.07) is 0. The highest BCUT2D eigenvalue weighted by Gasteiger charge is 2.25. The van der Waals surface area contributed by atoms with E-state index in [4.69, 9.17) is 4.74 Å². The molecule has 0 N–H and O–H groups in total. The van der Waals surface area contributed by atoms with Crippen molar-refractivity contribution in [2.45, 2.75) is 12.8 Å². The Balaban J connectivity index is 0. The van der Waals surface area contributed by atoms with Crippen LogP contribution in [-0.4, -0.2) is 52.4 Å². The number of halogens is 4. The second-order valence-corrected chi connectivity index (χ2v) is 3.74. The Morgan fingerprint density at radius 2 is 1.60 bits per heavy atom. The second-order valence-electron chi connectivity index (χ2n) is 3.74. The lowest BCUT2D eigenvalue weighted by atomic mass is 10.4. The molecular weight excluding hydrogens is 213 g/mol. The van der Waals surface area contributed by atoms with Gasteiger partial charge in [0.15, 0.2) is 0 Å². The third-order valence-corrected chi connectivity index (χ3v) is 2.48. The molecule has 0 saturated carbocycles. The number of likely N-dealkylation sites (N-methyl/N-ethyl adjacent to an activating group) is 1. The summed E-state index contributed by atoms with van der Waals surface area (Å²) < 4.78 is 35.3. The Labute approximate surface area is 88.6 Å². The van der Waals surface area contributed by atoms with E-state index in [-0.39, 0.29) is 4.70 Å². The summed E-state index contributed by atoms with van der Waals surface area (Å²) >= 11 is 0. The number of ether oxygens (including phenoxy) is 1. The van der Waals surface area contributed by atoms with E-state index in [0.717, 1.165) is 6.61 Å². The summed E-state index contributed by atoms with van der Waals surface area (Å²) in [4.78, 5) is 0. The molecule has 1 rings (SSSR count). The summed E-state index contributed by atoms with van der Waals surface area (Å²) in [7, 11) is 0.439. The summed E-state index contributed by atoms with van der Waals surface area (Å²) in [6.45, 7) is 4.81. The van der Waals surface area contributed by atoms with Crippen molar-refractivity contribution in [3.63, 3.8) is 0 Å². The van der Waals surface area contributed by atoms with Gasteiger partial charge in [-0.25, -0.2) is 0 Å². The topological polar surface area (TPSA) is 9.23 Å². The number of methoxy groups -OCH3 is 1. The van der Waals surface area contributed by atoms with Crippen LogP contribution in [0.3, 0.4) is 0 Å². The molecule has 0 bridgehead atoms. The van der Waals surface area contributed by atoms with Gasteiger partial charge in [0.1, 0.15) is 6.54 Å². The van der Waals surface area contributed by atoms with E-state index in [0.29, 0.717) is 0 Å². The van der Waals surface area contributed by atoms with Crippen molar-refractivity contribution >= 4 is 7.54 Å². The highest BCUT2D eigenvalue weighted by atomic mass is 19.4. The van der Waals surface area contributed by atoms with E-state index in [1.54, 1.807) is 7.11 Å². The summed E-state index contributed by atoms with van der Waals surface area (Å²) in [5.74, 6) is 0. The minimum atomic E-state index is -3.67. The predicted molar refractivity (Wildman–Crippen MR) is 51.0 cm³/mol. The van der Waals surface area contributed by atoms with Crippen LogP contribution < -0.4 is 4.70 Å². The monoisotopic (exact) mass is 231 g/mol. The molecule has 0 atom stereocenters. The van der Waals surface area contributed by atoms with Crippen molar-refractivity contribution in [2.24, 2.45) is 0 Å². The largest absolute Gasteiger partial charge is 1.00 e. The molecule has 15 heavy (non-hydrogen) atoms. The second kappa shape index (κ2) is 8.97. The first-order valence-corrected chi connectivity index (χ1v) is 4.75. The van der Waals surface area contributed by atoms with Crippen molar-refractivity contribution in [2.75, 3.05) is 40.4 Å². The molecule has 0 aromatic heterocycles. The van der Waals surface area contributed by atoms with E-state index < -0.39 is 7.54 Å². The number of hydrogen-bond acceptors (Lipinski definition) is 1. The van der Waals surface area contributed by atoms with Gasteiger partial charge in [-0.05, 0) is 0 Å². The van der Waals surface area contributed by atoms with Crippen LogP contribution in [0.2, 0.25) is 0 Å². The van der Waals surface area contributed by atoms with Gasteiger partial charge < -0.3 is 13.9 Å². The molecule has 0 aromatic carbocycles. The quantitative estimate of drug-likeness (QED) is 0.335. The van der Waals surface area contributed by atoms with Gasteiger partial charge in [0.2, 0.25) is 0 Å². The van der Waals surface area contributed by atoms with Crippen molar-refractivity contribution in [3.8, 4) is 0 Å². The molecule has 2 nitrogen and oxygen atoms in total. The van der Waals surface area contributed by atoms with Crippen molar-refractivity contribution in [3.05, 3.63) is 0 Å². The van der Waals surface area contributed by atoms with E-state index >= 15 is 0 Å². The molecule has 0 aliphatic carbocycles. The fourth-order valence-corrected chi connectivity index (χ4v) is 1.63. The highest BCUT2D eigenvalue weighted by Crippen LogP contribution is 2.15. The first-order chi connectivity index (χ1) is 6.50. The molecule has 1 saturated heterocycles. The minimum Gasteiger partial charge on any atom is -1.00 e. The highest BCUT2D eigenvalue weighted by molar-refractivity contribution is 6.33. The van der Waals surface area contributed by atoms with Crippen LogP contribution in [0, 0.1) is 0 Å². The maximum absolute atomic E-state index is 9.67. The van der Waals surface area contributed by atoms with Crippen LogP contribution in [0.1, 0.15) is 12.8 Å². The summed E-state index contributed by atoms with van der Waals surface area (Å²) in [6.07, 6.45) is 2.81. The van der Waals surface area contributed by atoms with Gasteiger partial charge in [-0.1, -0.05) is 0 Å². The van der Waals surface area contributed by atoms with Gasteiger partial charge >= 0.3 is 7.54 Å². The molecule has 0 amide bonds. The van der Waals surface area contributed by atoms with Crippen molar-refractivity contribution < 1.29 is 26.9 Å². The summed E-state index contributed by atoms with van der Waals surface area (Å²) in [5, 5.41) is 0. The minimum absolute atomic E-state index is 0. The fraction of sp³-hybridized carbons (Fsp3) is 1.00. The van der Waals surface area contributed by atoms with Gasteiger partial charge in [0.25, 0.3) is 0 Å². The van der Waals surface area contributed by atoms with E-state index in [9.17, 15) is 12.9 Å². The van der Waals surface area contributed by atoms with Gasteiger partial charge in [-0.15, -0.1) is 0 Å². The maximum atomic E-state index is 9.67. The van der Waals surface area contributed by atoms with Crippen LogP contribution in [0.15, 0.2) is 0 Å². The Bertz CT molecular complexity index is 142. The van der Waals surface area contributed by atoms with E-state index in [2.05, 4.69) is 7.05 Å². The maximum Gasteiger partial charge on any atom is 0.762 e. The van der Waals surface area contributed by atoms with Crippen LogP contribution >= 0.6 is 0 Å². The number of quaternary nitrogens is 1. The van der Waals surface area contributed by atoms with Gasteiger partial charge in [-0.2, -0.15) is 0 Å². The molecule has 0 aromatic rings. The Hall–Kier alpha value is -0.295. The molecule has 0 radical (unpaired) electrons. The SMILES string of the molecule is COCC[N+]1(C)CCCC1.FB(F)F.[F-]. The normalized spacial score (nSPS) is 17.4. The number of likely N-dealkylation sites (tertiary alicyclic amines) is 1. The van der Waals surface area contributed by atoms with Crippen LogP contribution in [0.4, 0.5) is 12.9 Å². The Morgan fingerprint density at radius 3 is 1.93 bits per heavy atom. The molecule has 92 valence electrons. The zero-order valence-corrected chi connectivity index (χ0v) is 9.19. The zero-order valence-electron chi connectivity index (χ0n) is 9.19. The van der Waals surface area contributed by atoms with Crippen LogP contribution in [-0.2, 0) is 4.74 Å². The Kier molecular flexibility index (Phi) is 10.2. The van der Waals surface area contributed by atoms with Gasteiger partial charge in [-0.3, -0.25) is 12.9 Å². The molecule has 1 fully saturated rings. The molecule has 1 heterocycles. The molecular formula is C8H18BF4NO. The number of rotatable bonds is 3. The lowest BCUT2D eigenvalue weighted by Gasteiger charge is -2.28. The molecule has 7 heteroatoms. The number of hydrogen-bond donors (Lipinski definition) is 0. The molecule has 0 unspecified atom stereocenters. The first kappa shape index (κ1) is 17.1. The smallest absolute Gasteiger partial charge is 0.762 e. The van der Waals surface area contributed by atoms with Crippen LogP contribution in [0.5, 0.6) is 0 Å². The molecule has 1 aliphatic rings. The van der Waals surface area contributed by atoms with Gasteiger partial charge in [0.05, 0.1) is 26.7 Å². The molecule has 1 aliphatic heterocycles. The van der Waals surface area contributed by atoms with Crippen LogP contribution in [0.25, 0.3) is 0 Å². The average molecular weight is 231 g/mol. The van der Waals surface area contributed by atoms with Crippen molar-refractivity contribution in [1.29, 1.82) is 0 Å². The number of nitrogens with zero attached hydrogens (tertiary/aromatic N) is 1. The standard InChI is InChI=1S/C8H18NO.BF3.FH/c1-9(7-8-10-2)5-3-4-6-9;2-1(3)4;/h3-8H2,1-2H3;;1H/q+1;;/p-1. The average Bonchev–Trinajstić information content (AvgIpc) is 2.48. The predicted octanol–water partition coefficient (Wildman–Crippen LogP) is -1.24. The van der Waals surface area contributed by atoms with Crippen molar-refractivity contribution in [1.82, 2.24) is 0 Å². The van der Waals surface area contributed by atoms with E-state index in [1.807, 2.05) is 0 Å². The Morgan fingerprint density at radius 1 is 1.20 bits per heavy atom. The lowest BCUT2D eigenvalue weighted by Crippen LogP contribution is -3.00. The first-order valence-electron chi connectivity index (χ1n) is 4.75. The third kappa shape index (κ3) is 10.00. The fourth-order valence-electron chi connectivity index (χ4n) is 1.63. The molecule has 0 spiro atoms. The lowest BCUT2D eigenvalue weighted by molar-refractivity contribution is -0.897. The zero-order chi connectivity index (χ0) is 11.0. The third-order valence-electron chi connectivity index (χ3n) is 2.48. The van der Waals surface area contributed by atoms with Gasteiger partial charge in [0, 0.05) is 20.0 Å². The summed E-state index contributed by atoms with van der Waals surface area (Å²) in [5.41, 5.74) is 0.